The van der Waals surface area contributed by atoms with Crippen LogP contribution in [-0.4, -0.2) is 43.0 Å². The molecule has 38 heavy (non-hydrogen) atoms. The van der Waals surface area contributed by atoms with Crippen molar-refractivity contribution in [1.82, 2.24) is 4.90 Å². The third kappa shape index (κ3) is 6.31. The molecule has 1 aliphatic rings. The molecule has 0 radical (unpaired) electrons. The Kier molecular flexibility index (Phi) is 8.62. The second-order valence-corrected chi connectivity index (χ2v) is 9.42. The maximum atomic E-state index is 13.6. The Labute approximate surface area is 223 Å². The fraction of sp³-hybridized carbons (Fsp3) is 0.300. The predicted molar refractivity (Wildman–Crippen MR) is 145 cm³/mol. The third-order valence-electron chi connectivity index (χ3n) is 6.89. The molecule has 4 rings (SSSR count). The number of carbonyl (C=O) groups excluding carboxylic acids is 2. The average molecular weight is 513 g/mol. The molecule has 1 aliphatic carbocycles. The first kappa shape index (κ1) is 26.7. The van der Waals surface area contributed by atoms with E-state index in [9.17, 15) is 9.59 Å². The molecule has 0 aliphatic heterocycles. The first-order valence-corrected chi connectivity index (χ1v) is 12.6. The van der Waals surface area contributed by atoms with E-state index in [2.05, 4.69) is 11.4 Å². The Bertz CT molecular complexity index is 1320. The van der Waals surface area contributed by atoms with Crippen molar-refractivity contribution in [2.24, 2.45) is 5.73 Å². The molecule has 196 valence electrons. The summed E-state index contributed by atoms with van der Waals surface area (Å²) in [4.78, 5) is 28.4. The van der Waals surface area contributed by atoms with Crippen LogP contribution in [0.25, 0.3) is 0 Å². The van der Waals surface area contributed by atoms with Crippen LogP contribution in [-0.2, 0) is 6.54 Å². The van der Waals surface area contributed by atoms with Gasteiger partial charge in [0.05, 0.1) is 25.9 Å². The molecule has 0 heterocycles. The van der Waals surface area contributed by atoms with Crippen molar-refractivity contribution in [1.29, 1.82) is 5.26 Å². The highest BCUT2D eigenvalue weighted by molar-refractivity contribution is 6.04. The molecule has 1 saturated carbocycles. The lowest BCUT2D eigenvalue weighted by Crippen LogP contribution is -2.43. The minimum absolute atomic E-state index is 0.0583. The maximum Gasteiger partial charge on any atom is 0.255 e. The van der Waals surface area contributed by atoms with Crippen molar-refractivity contribution in [2.75, 3.05) is 19.5 Å². The lowest BCUT2D eigenvalue weighted by molar-refractivity contribution is 0.0606. The van der Waals surface area contributed by atoms with Gasteiger partial charge in [0.15, 0.2) is 11.5 Å². The number of amides is 2. The van der Waals surface area contributed by atoms with E-state index in [1.807, 2.05) is 29.2 Å². The highest BCUT2D eigenvalue weighted by atomic mass is 16.5. The number of nitriles is 1. The molecule has 8 nitrogen and oxygen atoms in total. The smallest absolute Gasteiger partial charge is 0.255 e. The van der Waals surface area contributed by atoms with E-state index in [0.29, 0.717) is 40.4 Å². The standard InChI is InChI=1S/C30H32N4O4/c1-37-27-15-10-23(17-28(27)38-2)29(35)33-25-5-3-4-21(16-25)19-34(26-13-11-24(32)12-14-26)30(36)22-8-6-20(18-31)7-9-22/h3-10,15-17,24,26H,11-14,19,32H2,1-2H3,(H,33,35). The van der Waals surface area contributed by atoms with Crippen molar-refractivity contribution in [2.45, 2.75) is 44.3 Å². The Morgan fingerprint density at radius 1 is 0.947 bits per heavy atom. The molecule has 8 heteroatoms. The van der Waals surface area contributed by atoms with Crippen LogP contribution in [0.5, 0.6) is 11.5 Å². The lowest BCUT2D eigenvalue weighted by Gasteiger charge is -2.36. The summed E-state index contributed by atoms with van der Waals surface area (Å²) in [6.07, 6.45) is 3.39. The van der Waals surface area contributed by atoms with Gasteiger partial charge in [-0.05, 0) is 85.8 Å². The number of benzene rings is 3. The second-order valence-electron chi connectivity index (χ2n) is 9.42. The topological polar surface area (TPSA) is 118 Å². The molecular formula is C30H32N4O4. The van der Waals surface area contributed by atoms with E-state index in [0.717, 1.165) is 31.2 Å². The summed E-state index contributed by atoms with van der Waals surface area (Å²) >= 11 is 0. The normalized spacial score (nSPS) is 16.7. The van der Waals surface area contributed by atoms with Crippen molar-refractivity contribution in [3.63, 3.8) is 0 Å². The number of nitrogens with two attached hydrogens (primary N) is 1. The molecule has 3 aromatic rings. The van der Waals surface area contributed by atoms with Crippen LogP contribution in [0.2, 0.25) is 0 Å². The maximum absolute atomic E-state index is 13.6. The minimum atomic E-state index is -0.283. The van der Waals surface area contributed by atoms with Gasteiger partial charge in [0.2, 0.25) is 0 Å². The molecule has 2 amide bonds. The number of hydrogen-bond donors (Lipinski definition) is 2. The monoisotopic (exact) mass is 512 g/mol. The summed E-state index contributed by atoms with van der Waals surface area (Å²) in [5.74, 6) is 0.643. The number of nitrogens with zero attached hydrogens (tertiary/aromatic N) is 2. The number of methoxy groups -OCH3 is 2. The van der Waals surface area contributed by atoms with E-state index in [-0.39, 0.29) is 23.9 Å². The highest BCUT2D eigenvalue weighted by Crippen LogP contribution is 2.29. The fourth-order valence-electron chi connectivity index (χ4n) is 4.76. The number of carbonyl (C=O) groups is 2. The van der Waals surface area contributed by atoms with Crippen molar-refractivity contribution in [3.05, 3.63) is 89.0 Å². The van der Waals surface area contributed by atoms with Gasteiger partial charge in [-0.25, -0.2) is 0 Å². The third-order valence-corrected chi connectivity index (χ3v) is 6.89. The summed E-state index contributed by atoms with van der Waals surface area (Å²) in [6, 6.07) is 21.5. The van der Waals surface area contributed by atoms with Crippen molar-refractivity contribution >= 4 is 17.5 Å². The first-order valence-electron chi connectivity index (χ1n) is 12.6. The molecular weight excluding hydrogens is 480 g/mol. The van der Waals surface area contributed by atoms with E-state index < -0.39 is 0 Å². The summed E-state index contributed by atoms with van der Waals surface area (Å²) in [5, 5.41) is 12.0. The van der Waals surface area contributed by atoms with Crippen LogP contribution < -0.4 is 20.5 Å². The quantitative estimate of drug-likeness (QED) is 0.450. The summed E-state index contributed by atoms with van der Waals surface area (Å²) in [7, 11) is 3.06. The van der Waals surface area contributed by atoms with Crippen LogP contribution in [0.3, 0.4) is 0 Å². The zero-order chi connectivity index (χ0) is 27.1. The molecule has 0 bridgehead atoms. The van der Waals surface area contributed by atoms with Crippen LogP contribution in [0.15, 0.2) is 66.7 Å². The van der Waals surface area contributed by atoms with E-state index in [4.69, 9.17) is 20.5 Å². The summed E-state index contributed by atoms with van der Waals surface area (Å²) in [5.41, 5.74) is 9.13. The van der Waals surface area contributed by atoms with E-state index in [1.165, 1.54) is 7.11 Å². The van der Waals surface area contributed by atoms with Crippen molar-refractivity contribution in [3.8, 4) is 17.6 Å². The van der Waals surface area contributed by atoms with Gasteiger partial charge in [-0.1, -0.05) is 12.1 Å². The largest absolute Gasteiger partial charge is 0.493 e. The van der Waals surface area contributed by atoms with Gasteiger partial charge < -0.3 is 25.4 Å². The van der Waals surface area contributed by atoms with Crippen LogP contribution >= 0.6 is 0 Å². The zero-order valence-electron chi connectivity index (χ0n) is 21.6. The SMILES string of the molecule is COc1ccc(C(=O)Nc2cccc(CN(C(=O)c3ccc(C#N)cc3)C3CCC(N)CC3)c2)cc1OC. The van der Waals surface area contributed by atoms with Crippen LogP contribution in [0, 0.1) is 11.3 Å². The lowest BCUT2D eigenvalue weighted by atomic mass is 9.90. The van der Waals surface area contributed by atoms with Gasteiger partial charge >= 0.3 is 0 Å². The number of ether oxygens (including phenoxy) is 2. The van der Waals surface area contributed by atoms with Gasteiger partial charge in [-0.2, -0.15) is 5.26 Å². The molecule has 3 aromatic carbocycles. The van der Waals surface area contributed by atoms with Gasteiger partial charge in [-0.3, -0.25) is 9.59 Å². The molecule has 0 spiro atoms. The number of anilines is 1. The Balaban J connectivity index is 1.54. The Hall–Kier alpha value is -4.35. The molecule has 0 atom stereocenters. The fourth-order valence-corrected chi connectivity index (χ4v) is 4.76. The summed E-state index contributed by atoms with van der Waals surface area (Å²) in [6.45, 7) is 0.388. The Morgan fingerprint density at radius 2 is 1.63 bits per heavy atom. The van der Waals surface area contributed by atoms with Gasteiger partial charge in [0.25, 0.3) is 11.8 Å². The molecule has 0 saturated heterocycles. The Morgan fingerprint density at radius 3 is 2.29 bits per heavy atom. The molecule has 3 N–H and O–H groups in total. The molecule has 0 unspecified atom stereocenters. The van der Waals surface area contributed by atoms with Gasteiger partial charge in [-0.15, -0.1) is 0 Å². The van der Waals surface area contributed by atoms with Crippen LogP contribution in [0.1, 0.15) is 57.5 Å². The van der Waals surface area contributed by atoms with Gasteiger partial charge in [0, 0.05) is 35.4 Å². The van der Waals surface area contributed by atoms with E-state index >= 15 is 0 Å². The second kappa shape index (κ2) is 12.3. The summed E-state index contributed by atoms with van der Waals surface area (Å²) < 4.78 is 10.6. The number of nitrogens with one attached hydrogen (secondary N) is 1. The minimum Gasteiger partial charge on any atom is -0.493 e. The molecule has 0 aromatic heterocycles. The number of rotatable bonds is 8. The highest BCUT2D eigenvalue weighted by Gasteiger charge is 2.28. The van der Waals surface area contributed by atoms with Crippen LogP contribution in [0.4, 0.5) is 5.69 Å². The van der Waals surface area contributed by atoms with Crippen molar-refractivity contribution < 1.29 is 19.1 Å². The predicted octanol–water partition coefficient (Wildman–Crippen LogP) is 4.74. The first-order chi connectivity index (χ1) is 18.4. The molecule has 1 fully saturated rings. The van der Waals surface area contributed by atoms with Gasteiger partial charge in [0.1, 0.15) is 0 Å². The average Bonchev–Trinajstić information content (AvgIpc) is 2.96. The van der Waals surface area contributed by atoms with E-state index in [1.54, 1.807) is 49.6 Å². The zero-order valence-corrected chi connectivity index (χ0v) is 21.6. The number of hydrogen-bond acceptors (Lipinski definition) is 6.